The summed E-state index contributed by atoms with van der Waals surface area (Å²) in [6.07, 6.45) is 4.07. The SMILES string of the molecule is C[C@H]1CCN(C2=CC(c3ccccc3O)NN=C2N)CCN1c1ccnc(C#CCNC(=O)OC(C)(C)C)n1. The molecule has 0 spiro atoms. The van der Waals surface area contributed by atoms with Crippen LogP contribution in [0.5, 0.6) is 5.75 Å². The van der Waals surface area contributed by atoms with E-state index in [9.17, 15) is 9.90 Å². The Morgan fingerprint density at radius 3 is 2.82 bits per heavy atom. The molecule has 11 heteroatoms. The molecule has 0 saturated carbocycles. The average molecular weight is 533 g/mol. The van der Waals surface area contributed by atoms with Crippen LogP contribution in [0, 0.1) is 11.8 Å². The van der Waals surface area contributed by atoms with Gasteiger partial charge in [-0.3, -0.25) is 5.43 Å². The molecule has 1 aromatic carbocycles. The van der Waals surface area contributed by atoms with Crippen molar-refractivity contribution < 1.29 is 14.6 Å². The highest BCUT2D eigenvalue weighted by Crippen LogP contribution is 2.29. The van der Waals surface area contributed by atoms with Gasteiger partial charge < -0.3 is 30.7 Å². The lowest BCUT2D eigenvalue weighted by Crippen LogP contribution is -2.39. The number of carbonyl (C=O) groups excluding carboxylic acids is 1. The van der Waals surface area contributed by atoms with Crippen molar-refractivity contribution in [3.05, 3.63) is 59.7 Å². The van der Waals surface area contributed by atoms with Gasteiger partial charge in [-0.2, -0.15) is 5.10 Å². The molecule has 1 amide bonds. The van der Waals surface area contributed by atoms with Crippen molar-refractivity contribution in [3.8, 4) is 17.6 Å². The van der Waals surface area contributed by atoms with E-state index < -0.39 is 11.7 Å². The largest absolute Gasteiger partial charge is 0.508 e. The maximum absolute atomic E-state index is 11.8. The van der Waals surface area contributed by atoms with Crippen molar-refractivity contribution in [1.29, 1.82) is 0 Å². The number of phenolic OH excluding ortho intramolecular Hbond substituents is 1. The summed E-state index contributed by atoms with van der Waals surface area (Å²) < 4.78 is 5.21. The van der Waals surface area contributed by atoms with E-state index in [-0.39, 0.29) is 24.4 Å². The number of para-hydroxylation sites is 1. The molecule has 0 bridgehead atoms. The Morgan fingerprint density at radius 1 is 1.26 bits per heavy atom. The molecule has 2 aliphatic heterocycles. The fourth-order valence-electron chi connectivity index (χ4n) is 4.42. The van der Waals surface area contributed by atoms with E-state index in [1.165, 1.54) is 0 Å². The number of carbonyl (C=O) groups is 1. The van der Waals surface area contributed by atoms with Crippen LogP contribution in [0.4, 0.5) is 10.6 Å². The molecule has 2 aromatic rings. The van der Waals surface area contributed by atoms with Crippen LogP contribution < -0.4 is 21.4 Å². The van der Waals surface area contributed by atoms with Gasteiger partial charge in [0.2, 0.25) is 5.82 Å². The Morgan fingerprint density at radius 2 is 2.05 bits per heavy atom. The summed E-state index contributed by atoms with van der Waals surface area (Å²) in [5, 5.41) is 17.2. The number of nitrogens with two attached hydrogens (primary N) is 1. The zero-order valence-electron chi connectivity index (χ0n) is 22.8. The Balaban J connectivity index is 1.42. The zero-order chi connectivity index (χ0) is 28.0. The molecule has 4 rings (SSSR count). The number of ether oxygens (including phenoxy) is 1. The summed E-state index contributed by atoms with van der Waals surface area (Å²) in [7, 11) is 0. The van der Waals surface area contributed by atoms with Crippen LogP contribution in [0.15, 0.2) is 53.4 Å². The quantitative estimate of drug-likeness (QED) is 0.437. The third-order valence-electron chi connectivity index (χ3n) is 6.34. The van der Waals surface area contributed by atoms with E-state index in [1.807, 2.05) is 24.3 Å². The predicted octanol–water partition coefficient (Wildman–Crippen LogP) is 2.46. The summed E-state index contributed by atoms with van der Waals surface area (Å²) in [6, 6.07) is 9.02. The molecule has 1 aromatic heterocycles. The first-order chi connectivity index (χ1) is 18.6. The maximum Gasteiger partial charge on any atom is 0.408 e. The van der Waals surface area contributed by atoms with Crippen molar-refractivity contribution in [3.63, 3.8) is 0 Å². The van der Waals surface area contributed by atoms with Crippen molar-refractivity contribution in [2.75, 3.05) is 31.1 Å². The van der Waals surface area contributed by atoms with Gasteiger partial charge in [0.05, 0.1) is 18.3 Å². The number of hydrazone groups is 1. The van der Waals surface area contributed by atoms with Gasteiger partial charge in [-0.15, -0.1) is 0 Å². The number of amides is 1. The highest BCUT2D eigenvalue weighted by atomic mass is 16.6. The normalized spacial score (nSPS) is 19.5. The van der Waals surface area contributed by atoms with Crippen LogP contribution in [-0.2, 0) is 4.74 Å². The number of anilines is 1. The minimum atomic E-state index is -0.566. The van der Waals surface area contributed by atoms with E-state index >= 15 is 0 Å². The van der Waals surface area contributed by atoms with Crippen LogP contribution in [0.3, 0.4) is 0 Å². The number of nitrogens with zero attached hydrogens (tertiary/aromatic N) is 5. The predicted molar refractivity (Wildman–Crippen MR) is 150 cm³/mol. The monoisotopic (exact) mass is 532 g/mol. The van der Waals surface area contributed by atoms with Gasteiger partial charge in [-0.1, -0.05) is 24.1 Å². The number of aromatic nitrogens is 2. The molecule has 1 unspecified atom stereocenters. The Bertz CT molecular complexity index is 1310. The topological polar surface area (TPSA) is 141 Å². The first-order valence-electron chi connectivity index (χ1n) is 13.0. The van der Waals surface area contributed by atoms with Crippen molar-refractivity contribution >= 4 is 17.7 Å². The number of nitrogens with one attached hydrogen (secondary N) is 2. The first kappa shape index (κ1) is 27.6. The molecule has 1 fully saturated rings. The number of rotatable bonds is 4. The van der Waals surface area contributed by atoms with E-state index in [0.29, 0.717) is 24.7 Å². The van der Waals surface area contributed by atoms with E-state index in [1.54, 1.807) is 39.1 Å². The minimum absolute atomic E-state index is 0.131. The molecule has 5 N–H and O–H groups in total. The van der Waals surface area contributed by atoms with Gasteiger partial charge in [-0.05, 0) is 58.2 Å². The lowest BCUT2D eigenvalue weighted by Gasteiger charge is -2.30. The van der Waals surface area contributed by atoms with Crippen LogP contribution in [-0.4, -0.2) is 69.7 Å². The van der Waals surface area contributed by atoms with Gasteiger partial charge in [0, 0.05) is 37.4 Å². The Labute approximate surface area is 229 Å². The van der Waals surface area contributed by atoms with E-state index in [2.05, 4.69) is 54.4 Å². The van der Waals surface area contributed by atoms with Crippen molar-refractivity contribution in [2.24, 2.45) is 10.8 Å². The van der Waals surface area contributed by atoms with E-state index in [0.717, 1.165) is 30.0 Å². The third kappa shape index (κ3) is 7.31. The molecular formula is C28H36N8O3. The molecule has 0 radical (unpaired) electrons. The summed E-state index contributed by atoms with van der Waals surface area (Å²) in [4.78, 5) is 25.2. The second kappa shape index (κ2) is 11.9. The molecular weight excluding hydrogens is 496 g/mol. The molecule has 1 saturated heterocycles. The van der Waals surface area contributed by atoms with Crippen LogP contribution in [0.25, 0.3) is 0 Å². The molecule has 11 nitrogen and oxygen atoms in total. The summed E-state index contributed by atoms with van der Waals surface area (Å²) in [6.45, 7) is 9.93. The maximum atomic E-state index is 11.8. The van der Waals surface area contributed by atoms with Crippen molar-refractivity contribution in [1.82, 2.24) is 25.6 Å². The number of aromatic hydroxyl groups is 1. The molecule has 0 aliphatic carbocycles. The van der Waals surface area contributed by atoms with Crippen LogP contribution in [0.1, 0.15) is 51.5 Å². The molecule has 206 valence electrons. The number of benzene rings is 1. The number of hydrogen-bond donors (Lipinski definition) is 4. The standard InChI is InChI=1S/C28H36N8O3/c1-19-12-15-35(22-18-21(33-34-26(22)29)20-8-5-6-9-23(20)37)16-17-36(19)25-11-14-30-24(32-25)10-7-13-31-27(38)39-28(2,3)4/h5-6,8-9,11,14,18-19,21,33,37H,12-13,15-17H2,1-4H3,(H2,29,34)(H,31,38)/t19-,21?/m0/s1. The Kier molecular flexibility index (Phi) is 8.44. The number of phenols is 1. The average Bonchev–Trinajstić information content (AvgIpc) is 3.08. The molecule has 39 heavy (non-hydrogen) atoms. The summed E-state index contributed by atoms with van der Waals surface area (Å²) in [5.74, 6) is 7.59. The van der Waals surface area contributed by atoms with Gasteiger partial charge >= 0.3 is 6.09 Å². The fraction of sp³-hybridized carbons (Fsp3) is 0.429. The number of alkyl carbamates (subject to hydrolysis) is 1. The summed E-state index contributed by atoms with van der Waals surface area (Å²) in [5.41, 5.74) is 10.3. The van der Waals surface area contributed by atoms with Crippen LogP contribution in [0.2, 0.25) is 0 Å². The van der Waals surface area contributed by atoms with Gasteiger partial charge in [0.25, 0.3) is 0 Å². The fourth-order valence-corrected chi connectivity index (χ4v) is 4.42. The molecule has 2 aliphatic rings. The Hall–Kier alpha value is -4.46. The molecule has 2 atom stereocenters. The lowest BCUT2D eigenvalue weighted by molar-refractivity contribution is 0.0535. The zero-order valence-corrected chi connectivity index (χ0v) is 22.8. The lowest BCUT2D eigenvalue weighted by atomic mass is 10.0. The van der Waals surface area contributed by atoms with Gasteiger partial charge in [-0.25, -0.2) is 14.8 Å². The van der Waals surface area contributed by atoms with Crippen molar-refractivity contribution in [2.45, 2.75) is 51.8 Å². The third-order valence-corrected chi connectivity index (χ3v) is 6.34. The second-order valence-electron chi connectivity index (χ2n) is 10.4. The highest BCUT2D eigenvalue weighted by Gasteiger charge is 2.27. The summed E-state index contributed by atoms with van der Waals surface area (Å²) >= 11 is 0. The number of hydrogen-bond acceptors (Lipinski definition) is 10. The molecule has 3 heterocycles. The van der Waals surface area contributed by atoms with E-state index in [4.69, 9.17) is 10.5 Å². The van der Waals surface area contributed by atoms with Crippen LogP contribution >= 0.6 is 0 Å². The van der Waals surface area contributed by atoms with Gasteiger partial charge in [0.15, 0.2) is 5.84 Å². The highest BCUT2D eigenvalue weighted by molar-refractivity contribution is 5.97. The second-order valence-corrected chi connectivity index (χ2v) is 10.4. The first-order valence-corrected chi connectivity index (χ1v) is 13.0. The number of amidine groups is 1. The van der Waals surface area contributed by atoms with Gasteiger partial charge in [0.1, 0.15) is 17.2 Å². The minimum Gasteiger partial charge on any atom is -0.508 e. The smallest absolute Gasteiger partial charge is 0.408 e.